The van der Waals surface area contributed by atoms with Gasteiger partial charge in [-0.3, -0.25) is 0 Å². The minimum absolute atomic E-state index is 0.0677. The van der Waals surface area contributed by atoms with Crippen LogP contribution in [-0.4, -0.2) is 14.2 Å². The maximum Gasteiger partial charge on any atom is 0.119 e. The fourth-order valence-electron chi connectivity index (χ4n) is 3.27. The highest BCUT2D eigenvalue weighted by Crippen LogP contribution is 2.34. The van der Waals surface area contributed by atoms with Gasteiger partial charge in [-0.15, -0.1) is 0 Å². The molecule has 2 rings (SSSR count). The van der Waals surface area contributed by atoms with E-state index in [1.165, 1.54) is 22.3 Å². The molecule has 0 aliphatic carbocycles. The Bertz CT molecular complexity index is 667. The SMILES string of the molecule is COc1ccc(Cc2ccc(OC)cc2C(C)(C)C)c(C(C)(C)C)c1. The molecule has 0 saturated carbocycles. The summed E-state index contributed by atoms with van der Waals surface area (Å²) >= 11 is 0. The van der Waals surface area contributed by atoms with Crippen LogP contribution in [0.1, 0.15) is 63.8 Å². The molecular formula is C23H32O2. The lowest BCUT2D eigenvalue weighted by molar-refractivity contribution is 0.412. The van der Waals surface area contributed by atoms with Crippen LogP contribution in [0.5, 0.6) is 11.5 Å². The zero-order valence-electron chi connectivity index (χ0n) is 17.0. The van der Waals surface area contributed by atoms with Crippen LogP contribution in [0.3, 0.4) is 0 Å². The van der Waals surface area contributed by atoms with Crippen LogP contribution in [0.4, 0.5) is 0 Å². The maximum absolute atomic E-state index is 5.45. The maximum atomic E-state index is 5.45. The van der Waals surface area contributed by atoms with Crippen molar-refractivity contribution in [1.29, 1.82) is 0 Å². The number of hydrogen-bond donors (Lipinski definition) is 0. The first-order valence-electron chi connectivity index (χ1n) is 8.91. The third-order valence-corrected chi connectivity index (χ3v) is 4.63. The van der Waals surface area contributed by atoms with E-state index in [0.29, 0.717) is 0 Å². The quantitative estimate of drug-likeness (QED) is 0.691. The first-order valence-corrected chi connectivity index (χ1v) is 8.91. The van der Waals surface area contributed by atoms with Crippen molar-refractivity contribution >= 4 is 0 Å². The Morgan fingerprint density at radius 3 is 1.28 bits per heavy atom. The van der Waals surface area contributed by atoms with Crippen LogP contribution < -0.4 is 9.47 Å². The first kappa shape index (κ1) is 19.4. The fraction of sp³-hybridized carbons (Fsp3) is 0.478. The molecule has 0 fully saturated rings. The van der Waals surface area contributed by atoms with Gasteiger partial charge in [-0.1, -0.05) is 53.7 Å². The van der Waals surface area contributed by atoms with E-state index >= 15 is 0 Å². The van der Waals surface area contributed by atoms with Crippen LogP contribution in [0.15, 0.2) is 36.4 Å². The molecule has 0 unspecified atom stereocenters. The van der Waals surface area contributed by atoms with Gasteiger partial charge in [0.05, 0.1) is 14.2 Å². The predicted molar refractivity (Wildman–Crippen MR) is 106 cm³/mol. The molecule has 0 radical (unpaired) electrons. The second kappa shape index (κ2) is 7.11. The molecule has 0 amide bonds. The number of ether oxygens (including phenoxy) is 2. The van der Waals surface area contributed by atoms with E-state index in [9.17, 15) is 0 Å². The van der Waals surface area contributed by atoms with E-state index in [1.807, 2.05) is 0 Å². The Morgan fingerprint density at radius 1 is 0.640 bits per heavy atom. The van der Waals surface area contributed by atoms with Gasteiger partial charge in [0, 0.05) is 0 Å². The number of rotatable bonds is 4. The average molecular weight is 341 g/mol. The lowest BCUT2D eigenvalue weighted by atomic mass is 9.78. The van der Waals surface area contributed by atoms with Crippen molar-refractivity contribution in [3.63, 3.8) is 0 Å². The monoisotopic (exact) mass is 340 g/mol. The Kier molecular flexibility index (Phi) is 5.51. The van der Waals surface area contributed by atoms with Gasteiger partial charge in [0.2, 0.25) is 0 Å². The van der Waals surface area contributed by atoms with Crippen LogP contribution in [0.2, 0.25) is 0 Å². The van der Waals surface area contributed by atoms with Crippen molar-refractivity contribution in [2.24, 2.45) is 0 Å². The highest BCUT2D eigenvalue weighted by molar-refractivity contribution is 5.46. The van der Waals surface area contributed by atoms with Gasteiger partial charge in [0.1, 0.15) is 11.5 Å². The lowest BCUT2D eigenvalue weighted by Gasteiger charge is -2.27. The molecule has 0 spiro atoms. The first-order chi connectivity index (χ1) is 11.6. The summed E-state index contributed by atoms with van der Waals surface area (Å²) in [6, 6.07) is 12.9. The molecule has 0 atom stereocenters. The summed E-state index contributed by atoms with van der Waals surface area (Å²) < 4.78 is 10.9. The second-order valence-corrected chi connectivity index (χ2v) is 8.72. The molecule has 0 saturated heterocycles. The predicted octanol–water partition coefficient (Wildman–Crippen LogP) is 5.89. The molecular weight excluding hydrogens is 308 g/mol. The smallest absolute Gasteiger partial charge is 0.119 e. The molecule has 0 bridgehead atoms. The highest BCUT2D eigenvalue weighted by atomic mass is 16.5. The Labute approximate surface area is 153 Å². The summed E-state index contributed by atoms with van der Waals surface area (Å²) in [5.41, 5.74) is 5.51. The molecule has 25 heavy (non-hydrogen) atoms. The fourth-order valence-corrected chi connectivity index (χ4v) is 3.27. The van der Waals surface area contributed by atoms with E-state index < -0.39 is 0 Å². The molecule has 2 nitrogen and oxygen atoms in total. The van der Waals surface area contributed by atoms with Gasteiger partial charge in [0.25, 0.3) is 0 Å². The second-order valence-electron chi connectivity index (χ2n) is 8.72. The van der Waals surface area contributed by atoms with Crippen molar-refractivity contribution in [3.8, 4) is 11.5 Å². The van der Waals surface area contributed by atoms with E-state index in [4.69, 9.17) is 9.47 Å². The van der Waals surface area contributed by atoms with E-state index in [-0.39, 0.29) is 10.8 Å². The Morgan fingerprint density at radius 2 is 1.00 bits per heavy atom. The van der Waals surface area contributed by atoms with Gasteiger partial charge in [-0.2, -0.15) is 0 Å². The summed E-state index contributed by atoms with van der Waals surface area (Å²) in [6.07, 6.45) is 0.910. The molecule has 2 aromatic carbocycles. The Hall–Kier alpha value is -1.96. The summed E-state index contributed by atoms with van der Waals surface area (Å²) in [7, 11) is 3.45. The summed E-state index contributed by atoms with van der Waals surface area (Å²) in [5.74, 6) is 1.83. The largest absolute Gasteiger partial charge is 0.497 e. The molecule has 0 aliphatic rings. The zero-order chi connectivity index (χ0) is 18.8. The van der Waals surface area contributed by atoms with Crippen LogP contribution >= 0.6 is 0 Å². The molecule has 136 valence electrons. The van der Waals surface area contributed by atoms with Crippen molar-refractivity contribution in [2.75, 3.05) is 14.2 Å². The van der Waals surface area contributed by atoms with Crippen molar-refractivity contribution in [1.82, 2.24) is 0 Å². The zero-order valence-corrected chi connectivity index (χ0v) is 17.0. The normalized spacial score (nSPS) is 12.2. The molecule has 2 aromatic rings. The van der Waals surface area contributed by atoms with Crippen LogP contribution in [0.25, 0.3) is 0 Å². The van der Waals surface area contributed by atoms with E-state index in [1.54, 1.807) is 14.2 Å². The number of benzene rings is 2. The third-order valence-electron chi connectivity index (χ3n) is 4.63. The molecule has 0 heterocycles. The molecule has 2 heteroatoms. The van der Waals surface area contributed by atoms with E-state index in [0.717, 1.165) is 17.9 Å². The van der Waals surface area contributed by atoms with Crippen molar-refractivity contribution in [2.45, 2.75) is 58.8 Å². The molecule has 0 aromatic heterocycles. The summed E-state index contributed by atoms with van der Waals surface area (Å²) in [4.78, 5) is 0. The van der Waals surface area contributed by atoms with Crippen molar-refractivity contribution < 1.29 is 9.47 Å². The molecule has 0 aliphatic heterocycles. The van der Waals surface area contributed by atoms with Crippen molar-refractivity contribution in [3.05, 3.63) is 58.7 Å². The highest BCUT2D eigenvalue weighted by Gasteiger charge is 2.22. The lowest BCUT2D eigenvalue weighted by Crippen LogP contribution is -2.17. The average Bonchev–Trinajstić information content (AvgIpc) is 2.53. The van der Waals surface area contributed by atoms with Gasteiger partial charge < -0.3 is 9.47 Å². The van der Waals surface area contributed by atoms with E-state index in [2.05, 4.69) is 77.9 Å². The summed E-state index contributed by atoms with van der Waals surface area (Å²) in [6.45, 7) is 13.5. The topological polar surface area (TPSA) is 18.5 Å². The minimum Gasteiger partial charge on any atom is -0.497 e. The minimum atomic E-state index is 0.0677. The summed E-state index contributed by atoms with van der Waals surface area (Å²) in [5, 5.41) is 0. The van der Waals surface area contributed by atoms with Gasteiger partial charge >= 0.3 is 0 Å². The van der Waals surface area contributed by atoms with Gasteiger partial charge in [0.15, 0.2) is 0 Å². The van der Waals surface area contributed by atoms with Gasteiger partial charge in [-0.05, 0) is 63.8 Å². The third kappa shape index (κ3) is 4.56. The number of methoxy groups -OCH3 is 2. The van der Waals surface area contributed by atoms with Crippen LogP contribution in [0, 0.1) is 0 Å². The molecule has 0 N–H and O–H groups in total. The van der Waals surface area contributed by atoms with Gasteiger partial charge in [-0.25, -0.2) is 0 Å². The standard InChI is InChI=1S/C23H32O2/c1-22(2,3)20-14-18(24-7)11-9-16(20)13-17-10-12-19(25-8)15-21(17)23(4,5)6/h9-12,14-15H,13H2,1-8H3. The number of hydrogen-bond acceptors (Lipinski definition) is 2. The van der Waals surface area contributed by atoms with Crippen LogP contribution in [-0.2, 0) is 17.3 Å². The Balaban J connectivity index is 2.53.